The Morgan fingerprint density at radius 2 is 1.86 bits per heavy atom. The molecule has 6 aliphatic rings. The largest absolute Gasteiger partial charge is 0.335 e. The highest BCUT2D eigenvalue weighted by molar-refractivity contribution is 5.96. The summed E-state index contributed by atoms with van der Waals surface area (Å²) in [4.78, 5) is 15.7. The molecule has 1 aromatic rings. The van der Waals surface area contributed by atoms with E-state index in [-0.39, 0.29) is 5.41 Å². The summed E-state index contributed by atoms with van der Waals surface area (Å²) in [6.45, 7) is 7.37. The fraction of sp³-hybridized carbons (Fsp3) is 0.731. The average Bonchev–Trinajstić information content (AvgIpc) is 3.20. The molecule has 0 saturated carbocycles. The standard InChI is InChI=1S/C26H34N2O/c1-17-13-19-5-3-10-24-11-4-12-26(14-17,28(19)24)25(16-24)15-20-6-9-23(29)22-8-7-21(18(25)2)27(20)22/h7-8,17,19-20H,2-6,9-16H2,1H3. The monoisotopic (exact) mass is 390 g/mol. The second-order valence-corrected chi connectivity index (χ2v) is 11.6. The van der Waals surface area contributed by atoms with Crippen LogP contribution < -0.4 is 0 Å². The molecule has 7 rings (SSSR count). The van der Waals surface area contributed by atoms with E-state index >= 15 is 0 Å². The summed E-state index contributed by atoms with van der Waals surface area (Å²) in [6, 6.07) is 5.65. The van der Waals surface area contributed by atoms with E-state index < -0.39 is 0 Å². The van der Waals surface area contributed by atoms with Crippen LogP contribution >= 0.6 is 0 Å². The highest BCUT2D eigenvalue weighted by Gasteiger charge is 2.73. The van der Waals surface area contributed by atoms with Crippen LogP contribution in [0.5, 0.6) is 0 Å². The topological polar surface area (TPSA) is 25.2 Å². The van der Waals surface area contributed by atoms with Crippen molar-refractivity contribution in [2.45, 2.75) is 107 Å². The third-order valence-electron chi connectivity index (χ3n) is 10.4. The van der Waals surface area contributed by atoms with E-state index in [0.29, 0.717) is 22.9 Å². The van der Waals surface area contributed by atoms with E-state index in [1.54, 1.807) is 0 Å². The van der Waals surface area contributed by atoms with Gasteiger partial charge >= 0.3 is 0 Å². The van der Waals surface area contributed by atoms with Crippen molar-refractivity contribution in [2.24, 2.45) is 11.3 Å². The van der Waals surface area contributed by atoms with Crippen LogP contribution in [0.25, 0.3) is 5.57 Å². The van der Waals surface area contributed by atoms with E-state index in [1.807, 2.05) is 0 Å². The minimum absolute atomic E-state index is 0.220. The number of Topliss-reactive ketones (excluding diaryl/α,β-unsaturated/α-hetero) is 1. The van der Waals surface area contributed by atoms with Crippen molar-refractivity contribution >= 4 is 11.4 Å². The number of hydrogen-bond acceptors (Lipinski definition) is 2. The summed E-state index contributed by atoms with van der Waals surface area (Å²) in [5.41, 5.74) is 4.62. The molecule has 1 aromatic heterocycles. The first kappa shape index (κ1) is 17.3. The molecule has 3 nitrogen and oxygen atoms in total. The van der Waals surface area contributed by atoms with Crippen LogP contribution in [0.2, 0.25) is 0 Å². The molecule has 0 N–H and O–H groups in total. The molecule has 6 unspecified atom stereocenters. The third-order valence-corrected chi connectivity index (χ3v) is 10.4. The van der Waals surface area contributed by atoms with Gasteiger partial charge in [-0.25, -0.2) is 0 Å². The molecule has 3 heteroatoms. The first-order valence-electron chi connectivity index (χ1n) is 12.2. The number of aromatic nitrogens is 1. The van der Waals surface area contributed by atoms with Crippen molar-refractivity contribution in [3.05, 3.63) is 30.1 Å². The molecule has 0 aromatic carbocycles. The highest BCUT2D eigenvalue weighted by Crippen LogP contribution is 2.74. The predicted molar refractivity (Wildman–Crippen MR) is 115 cm³/mol. The smallest absolute Gasteiger partial charge is 0.179 e. The average molecular weight is 391 g/mol. The van der Waals surface area contributed by atoms with Gasteiger partial charge in [-0.15, -0.1) is 0 Å². The van der Waals surface area contributed by atoms with Crippen molar-refractivity contribution < 1.29 is 4.79 Å². The second-order valence-electron chi connectivity index (χ2n) is 11.6. The molecular formula is C26H34N2O. The summed E-state index contributed by atoms with van der Waals surface area (Å²) in [6.07, 6.45) is 15.5. The first-order chi connectivity index (χ1) is 14.0. The van der Waals surface area contributed by atoms with Crippen LogP contribution in [0, 0.1) is 11.3 Å². The Labute approximate surface area is 174 Å². The van der Waals surface area contributed by atoms with E-state index in [4.69, 9.17) is 6.58 Å². The van der Waals surface area contributed by atoms with Crippen LogP contribution in [0.15, 0.2) is 18.7 Å². The fourth-order valence-corrected chi connectivity index (χ4v) is 9.87. The van der Waals surface area contributed by atoms with Crippen molar-refractivity contribution in [3.63, 3.8) is 0 Å². The predicted octanol–water partition coefficient (Wildman–Crippen LogP) is 5.76. The van der Waals surface area contributed by atoms with Gasteiger partial charge in [-0.3, -0.25) is 9.69 Å². The lowest BCUT2D eigenvalue weighted by molar-refractivity contribution is -0.129. The lowest BCUT2D eigenvalue weighted by atomic mass is 9.55. The summed E-state index contributed by atoms with van der Waals surface area (Å²) >= 11 is 0. The SMILES string of the molecule is C=C1c2ccc3n2C(CCC3=O)CC12CC13CCCC4CC(C)CC2(CCC1)N43. The van der Waals surface area contributed by atoms with Crippen molar-refractivity contribution in [1.29, 1.82) is 0 Å². The Kier molecular flexibility index (Phi) is 3.15. The number of piperidine rings is 3. The lowest BCUT2D eigenvalue weighted by Crippen LogP contribution is -2.68. The van der Waals surface area contributed by atoms with Gasteiger partial charge in [-0.05, 0) is 87.8 Å². The van der Waals surface area contributed by atoms with Crippen molar-refractivity contribution in [2.75, 3.05) is 0 Å². The van der Waals surface area contributed by atoms with Crippen LogP contribution in [0.1, 0.15) is 106 Å². The van der Waals surface area contributed by atoms with E-state index in [9.17, 15) is 4.79 Å². The van der Waals surface area contributed by atoms with E-state index in [2.05, 4.69) is 28.5 Å². The Bertz CT molecular complexity index is 941. The lowest BCUT2D eigenvalue weighted by Gasteiger charge is -2.64. The van der Waals surface area contributed by atoms with Gasteiger partial charge in [0.1, 0.15) is 0 Å². The summed E-state index contributed by atoms with van der Waals surface area (Å²) < 4.78 is 2.40. The Balaban J connectivity index is 1.46. The molecule has 2 bridgehead atoms. The van der Waals surface area contributed by atoms with Crippen LogP contribution in [-0.4, -0.2) is 32.4 Å². The maximum Gasteiger partial charge on any atom is 0.179 e. The van der Waals surface area contributed by atoms with Gasteiger partial charge in [0.15, 0.2) is 5.78 Å². The van der Waals surface area contributed by atoms with Crippen molar-refractivity contribution in [3.8, 4) is 0 Å². The van der Waals surface area contributed by atoms with E-state index in [1.165, 1.54) is 75.5 Å². The summed E-state index contributed by atoms with van der Waals surface area (Å²) in [7, 11) is 0. The number of nitrogens with zero attached hydrogens (tertiary/aromatic N) is 2. The molecule has 0 aliphatic carbocycles. The minimum Gasteiger partial charge on any atom is -0.335 e. The van der Waals surface area contributed by atoms with Gasteiger partial charge in [0.2, 0.25) is 0 Å². The molecule has 6 aliphatic heterocycles. The number of rotatable bonds is 0. The molecule has 7 heterocycles. The van der Waals surface area contributed by atoms with Crippen LogP contribution in [-0.2, 0) is 0 Å². The maximum absolute atomic E-state index is 12.5. The first-order valence-corrected chi connectivity index (χ1v) is 12.2. The molecule has 6 atom stereocenters. The van der Waals surface area contributed by atoms with Gasteiger partial charge in [0.05, 0.1) is 5.69 Å². The summed E-state index contributed by atoms with van der Waals surface area (Å²) in [5, 5.41) is 0. The Morgan fingerprint density at radius 1 is 1.03 bits per heavy atom. The molecule has 154 valence electrons. The molecule has 29 heavy (non-hydrogen) atoms. The number of carbonyl (C=O) groups is 1. The zero-order valence-electron chi connectivity index (χ0n) is 17.9. The van der Waals surface area contributed by atoms with Crippen molar-refractivity contribution in [1.82, 2.24) is 9.47 Å². The number of hydrogen-bond donors (Lipinski definition) is 0. The number of carbonyl (C=O) groups excluding carboxylic acids is 1. The van der Waals surface area contributed by atoms with Crippen LogP contribution in [0.3, 0.4) is 0 Å². The van der Waals surface area contributed by atoms with Gasteiger partial charge in [-0.2, -0.15) is 0 Å². The molecular weight excluding hydrogens is 356 g/mol. The van der Waals surface area contributed by atoms with Crippen LogP contribution in [0.4, 0.5) is 0 Å². The molecule has 4 saturated heterocycles. The quantitative estimate of drug-likeness (QED) is 0.563. The zero-order valence-corrected chi connectivity index (χ0v) is 17.9. The second kappa shape index (κ2) is 5.28. The molecule has 0 radical (unpaired) electrons. The van der Waals surface area contributed by atoms with Gasteiger partial charge in [-0.1, -0.05) is 19.9 Å². The summed E-state index contributed by atoms with van der Waals surface area (Å²) in [5.74, 6) is 1.16. The maximum atomic E-state index is 12.5. The Hall–Kier alpha value is -1.35. The Morgan fingerprint density at radius 3 is 2.76 bits per heavy atom. The number of ketones is 1. The zero-order chi connectivity index (χ0) is 19.6. The van der Waals surface area contributed by atoms with Gasteiger partial charge in [0, 0.05) is 40.7 Å². The molecule has 4 fully saturated rings. The van der Waals surface area contributed by atoms with Gasteiger partial charge in [0.25, 0.3) is 0 Å². The third kappa shape index (κ3) is 1.81. The minimum atomic E-state index is 0.220. The fourth-order valence-electron chi connectivity index (χ4n) is 9.87. The van der Waals surface area contributed by atoms with Gasteiger partial charge < -0.3 is 4.57 Å². The highest BCUT2D eigenvalue weighted by atomic mass is 16.1. The molecule has 1 spiro atoms. The van der Waals surface area contributed by atoms with E-state index in [0.717, 1.165) is 30.5 Å². The molecule has 0 amide bonds. The normalized spacial score (nSPS) is 48.0.